The van der Waals surface area contributed by atoms with Crippen molar-refractivity contribution in [3.05, 3.63) is 35.6 Å². The predicted molar refractivity (Wildman–Crippen MR) is 80.2 cm³/mol. The SMILES string of the molecule is O=C(CNCC1CC1)NC(c1ccc(F)cc1)C1CCC1. The van der Waals surface area contributed by atoms with Crippen LogP contribution in [-0.2, 0) is 4.79 Å². The normalized spacial score (nSPS) is 19.9. The van der Waals surface area contributed by atoms with Gasteiger partial charge in [-0.2, -0.15) is 0 Å². The van der Waals surface area contributed by atoms with Crippen LogP contribution in [0.25, 0.3) is 0 Å². The quantitative estimate of drug-likeness (QED) is 0.811. The number of halogens is 1. The van der Waals surface area contributed by atoms with Crippen LogP contribution in [0.4, 0.5) is 4.39 Å². The first-order valence-corrected chi connectivity index (χ1v) is 7.98. The Labute approximate surface area is 125 Å². The summed E-state index contributed by atoms with van der Waals surface area (Å²) in [4.78, 5) is 12.1. The first kappa shape index (κ1) is 14.5. The van der Waals surface area contributed by atoms with Gasteiger partial charge in [0.2, 0.25) is 5.91 Å². The zero-order chi connectivity index (χ0) is 14.7. The maximum absolute atomic E-state index is 13.1. The number of hydrogen-bond acceptors (Lipinski definition) is 2. The van der Waals surface area contributed by atoms with E-state index in [1.54, 1.807) is 12.1 Å². The van der Waals surface area contributed by atoms with Crippen molar-refractivity contribution in [2.45, 2.75) is 38.1 Å². The van der Waals surface area contributed by atoms with E-state index in [9.17, 15) is 9.18 Å². The minimum absolute atomic E-state index is 0.0228. The lowest BCUT2D eigenvalue weighted by molar-refractivity contribution is -0.121. The topological polar surface area (TPSA) is 41.1 Å². The molecule has 1 unspecified atom stereocenters. The molecule has 0 heterocycles. The standard InChI is InChI=1S/C17H23FN2O/c18-15-8-6-14(7-9-15)17(13-2-1-3-13)20-16(21)11-19-10-12-4-5-12/h6-9,12-13,17,19H,1-5,10-11H2,(H,20,21). The minimum Gasteiger partial charge on any atom is -0.348 e. The number of benzene rings is 1. The maximum atomic E-state index is 13.1. The van der Waals surface area contributed by atoms with Crippen molar-refractivity contribution in [3.8, 4) is 0 Å². The molecule has 0 aromatic heterocycles. The van der Waals surface area contributed by atoms with Crippen LogP contribution in [0.3, 0.4) is 0 Å². The van der Waals surface area contributed by atoms with E-state index in [0.29, 0.717) is 12.5 Å². The second-order valence-corrected chi connectivity index (χ2v) is 6.36. The maximum Gasteiger partial charge on any atom is 0.234 e. The van der Waals surface area contributed by atoms with Gasteiger partial charge in [0.05, 0.1) is 12.6 Å². The molecular formula is C17H23FN2O. The molecule has 0 bridgehead atoms. The molecule has 21 heavy (non-hydrogen) atoms. The Bertz CT molecular complexity index is 480. The molecule has 4 heteroatoms. The Balaban J connectivity index is 1.56. The average Bonchev–Trinajstić information content (AvgIpc) is 3.21. The molecule has 0 aliphatic heterocycles. The zero-order valence-corrected chi connectivity index (χ0v) is 12.3. The Morgan fingerprint density at radius 2 is 1.90 bits per heavy atom. The zero-order valence-electron chi connectivity index (χ0n) is 12.3. The highest BCUT2D eigenvalue weighted by molar-refractivity contribution is 5.78. The molecule has 0 saturated heterocycles. The van der Waals surface area contributed by atoms with Gasteiger partial charge < -0.3 is 10.6 Å². The van der Waals surface area contributed by atoms with Gasteiger partial charge in [-0.15, -0.1) is 0 Å². The van der Waals surface area contributed by atoms with Gasteiger partial charge in [-0.05, 0) is 61.8 Å². The van der Waals surface area contributed by atoms with Gasteiger partial charge >= 0.3 is 0 Å². The van der Waals surface area contributed by atoms with Gasteiger partial charge in [0.1, 0.15) is 5.82 Å². The van der Waals surface area contributed by atoms with E-state index in [0.717, 1.165) is 30.9 Å². The number of rotatable bonds is 7. The Hall–Kier alpha value is -1.42. The van der Waals surface area contributed by atoms with E-state index in [2.05, 4.69) is 10.6 Å². The van der Waals surface area contributed by atoms with Crippen molar-refractivity contribution in [3.63, 3.8) is 0 Å². The molecule has 1 atom stereocenters. The highest BCUT2D eigenvalue weighted by atomic mass is 19.1. The third kappa shape index (κ3) is 4.03. The summed E-state index contributed by atoms with van der Waals surface area (Å²) in [5.74, 6) is 1.07. The van der Waals surface area contributed by atoms with Crippen LogP contribution in [0.15, 0.2) is 24.3 Å². The number of carbonyl (C=O) groups is 1. The van der Waals surface area contributed by atoms with Crippen LogP contribution in [-0.4, -0.2) is 19.0 Å². The fourth-order valence-corrected chi connectivity index (χ4v) is 2.85. The Morgan fingerprint density at radius 3 is 2.48 bits per heavy atom. The number of hydrogen-bond donors (Lipinski definition) is 2. The highest BCUT2D eigenvalue weighted by Crippen LogP contribution is 2.37. The molecule has 2 saturated carbocycles. The van der Waals surface area contributed by atoms with Crippen molar-refractivity contribution in [1.29, 1.82) is 0 Å². The number of amides is 1. The van der Waals surface area contributed by atoms with E-state index in [1.807, 2.05) is 0 Å². The van der Waals surface area contributed by atoms with Crippen molar-refractivity contribution >= 4 is 5.91 Å². The molecule has 1 amide bonds. The lowest BCUT2D eigenvalue weighted by Crippen LogP contribution is -2.41. The lowest BCUT2D eigenvalue weighted by Gasteiger charge is -2.34. The monoisotopic (exact) mass is 290 g/mol. The molecule has 2 fully saturated rings. The second-order valence-electron chi connectivity index (χ2n) is 6.36. The molecular weight excluding hydrogens is 267 g/mol. The fraction of sp³-hybridized carbons (Fsp3) is 0.588. The van der Waals surface area contributed by atoms with Crippen LogP contribution < -0.4 is 10.6 Å². The molecule has 0 spiro atoms. The van der Waals surface area contributed by atoms with Crippen LogP contribution >= 0.6 is 0 Å². The summed E-state index contributed by atoms with van der Waals surface area (Å²) in [5, 5.41) is 6.34. The summed E-state index contributed by atoms with van der Waals surface area (Å²) in [5.41, 5.74) is 1.01. The molecule has 2 aliphatic rings. The molecule has 1 aromatic carbocycles. The minimum atomic E-state index is -0.233. The molecule has 114 valence electrons. The molecule has 3 rings (SSSR count). The van der Waals surface area contributed by atoms with Gasteiger partial charge in [-0.25, -0.2) is 4.39 Å². The third-order valence-electron chi connectivity index (χ3n) is 4.58. The Morgan fingerprint density at radius 1 is 1.19 bits per heavy atom. The van der Waals surface area contributed by atoms with Gasteiger partial charge in [-0.3, -0.25) is 4.79 Å². The smallest absolute Gasteiger partial charge is 0.234 e. The fourth-order valence-electron chi connectivity index (χ4n) is 2.85. The Kier molecular flexibility index (Phi) is 4.54. The van der Waals surface area contributed by atoms with E-state index in [4.69, 9.17) is 0 Å². The summed E-state index contributed by atoms with van der Waals surface area (Å²) in [6, 6.07) is 6.54. The lowest BCUT2D eigenvalue weighted by atomic mass is 9.77. The molecule has 2 aliphatic carbocycles. The van der Waals surface area contributed by atoms with Gasteiger partial charge in [0.25, 0.3) is 0 Å². The first-order chi connectivity index (χ1) is 10.2. The first-order valence-electron chi connectivity index (χ1n) is 7.98. The number of nitrogens with one attached hydrogen (secondary N) is 2. The number of carbonyl (C=O) groups excluding carboxylic acids is 1. The van der Waals surface area contributed by atoms with E-state index in [-0.39, 0.29) is 17.8 Å². The van der Waals surface area contributed by atoms with Crippen molar-refractivity contribution in [2.24, 2.45) is 11.8 Å². The van der Waals surface area contributed by atoms with Crippen molar-refractivity contribution in [1.82, 2.24) is 10.6 Å². The molecule has 3 nitrogen and oxygen atoms in total. The largest absolute Gasteiger partial charge is 0.348 e. The van der Waals surface area contributed by atoms with Crippen molar-refractivity contribution < 1.29 is 9.18 Å². The third-order valence-corrected chi connectivity index (χ3v) is 4.58. The van der Waals surface area contributed by atoms with Gasteiger partial charge in [0.15, 0.2) is 0 Å². The molecule has 1 aromatic rings. The van der Waals surface area contributed by atoms with Gasteiger partial charge in [-0.1, -0.05) is 18.6 Å². The average molecular weight is 290 g/mol. The van der Waals surface area contributed by atoms with Crippen LogP contribution in [0.1, 0.15) is 43.7 Å². The summed E-state index contributed by atoms with van der Waals surface area (Å²) in [6.45, 7) is 1.32. The summed E-state index contributed by atoms with van der Waals surface area (Å²) >= 11 is 0. The van der Waals surface area contributed by atoms with Crippen LogP contribution in [0.2, 0.25) is 0 Å². The van der Waals surface area contributed by atoms with Gasteiger partial charge in [0, 0.05) is 0 Å². The summed E-state index contributed by atoms with van der Waals surface area (Å²) in [7, 11) is 0. The molecule has 0 radical (unpaired) electrons. The summed E-state index contributed by atoms with van der Waals surface area (Å²) < 4.78 is 13.1. The van der Waals surface area contributed by atoms with Crippen LogP contribution in [0, 0.1) is 17.7 Å². The van der Waals surface area contributed by atoms with E-state index in [1.165, 1.54) is 31.4 Å². The van der Waals surface area contributed by atoms with E-state index >= 15 is 0 Å². The predicted octanol–water partition coefficient (Wildman–Crippen LogP) is 2.78. The van der Waals surface area contributed by atoms with Crippen LogP contribution in [0.5, 0.6) is 0 Å². The summed E-state index contributed by atoms with van der Waals surface area (Å²) in [6.07, 6.45) is 6.07. The molecule has 2 N–H and O–H groups in total. The van der Waals surface area contributed by atoms with Crippen molar-refractivity contribution in [2.75, 3.05) is 13.1 Å². The second kappa shape index (κ2) is 6.56. The van der Waals surface area contributed by atoms with E-state index < -0.39 is 0 Å². The highest BCUT2D eigenvalue weighted by Gasteiger charge is 2.29.